The fraction of sp³-hybridized carbons (Fsp3) is 1.00. The van der Waals surface area contributed by atoms with Gasteiger partial charge in [-0.3, -0.25) is 0 Å². The van der Waals surface area contributed by atoms with Crippen molar-refractivity contribution in [2.75, 3.05) is 39.5 Å². The first-order valence-electron chi connectivity index (χ1n) is 13.4. The monoisotopic (exact) mass is 468 g/mol. The molecule has 0 aromatic heterocycles. The lowest BCUT2D eigenvalue weighted by Crippen LogP contribution is -2.49. The van der Waals surface area contributed by atoms with Crippen LogP contribution in [0.1, 0.15) is 115 Å². The highest BCUT2D eigenvalue weighted by molar-refractivity contribution is 4.94. The van der Waals surface area contributed by atoms with Crippen molar-refractivity contribution in [2.24, 2.45) is 21.7 Å². The third-order valence-corrected chi connectivity index (χ3v) is 6.76. The number of epoxide rings is 1. The fourth-order valence-corrected chi connectivity index (χ4v) is 2.59. The lowest BCUT2D eigenvalue weighted by Gasteiger charge is -2.35. The topological polar surface area (TPSA) is 55.7 Å². The first-order valence-corrected chi connectivity index (χ1v) is 13.4. The van der Waals surface area contributed by atoms with Crippen molar-refractivity contribution in [3.05, 3.63) is 0 Å². The van der Waals surface area contributed by atoms with Gasteiger partial charge in [-0.1, -0.05) is 61.8 Å². The van der Waals surface area contributed by atoms with Gasteiger partial charge in [0.25, 0.3) is 0 Å². The number of ether oxygens (including phenoxy) is 2. The summed E-state index contributed by atoms with van der Waals surface area (Å²) >= 11 is 0. The Hall–Kier alpha value is -0.160. The third kappa shape index (κ3) is 18.8. The van der Waals surface area contributed by atoms with Crippen LogP contribution in [0.4, 0.5) is 0 Å². The van der Waals surface area contributed by atoms with Gasteiger partial charge < -0.3 is 20.1 Å². The molecule has 6 fully saturated rings. The van der Waals surface area contributed by atoms with Crippen molar-refractivity contribution in [2.45, 2.75) is 126 Å². The van der Waals surface area contributed by atoms with Crippen molar-refractivity contribution >= 4 is 0 Å². The van der Waals surface area contributed by atoms with Crippen LogP contribution in [0.3, 0.4) is 0 Å². The van der Waals surface area contributed by atoms with Gasteiger partial charge in [0.1, 0.15) is 0 Å². The zero-order chi connectivity index (χ0) is 25.6. The minimum atomic E-state index is 0.250. The summed E-state index contributed by atoms with van der Waals surface area (Å²) in [6, 6.07) is 0. The Bertz CT molecular complexity index is 459. The molecule has 0 aromatic carbocycles. The molecule has 2 aliphatic carbocycles. The number of nitrogens with one attached hydrogen (secondary N) is 2. The maximum Gasteiger partial charge on any atom is 0.0860 e. The van der Waals surface area contributed by atoms with E-state index in [1.165, 1.54) is 51.7 Å². The molecule has 0 atom stereocenters. The molecule has 0 unspecified atom stereocenters. The van der Waals surface area contributed by atoms with Crippen LogP contribution in [-0.4, -0.2) is 50.6 Å². The van der Waals surface area contributed by atoms with Crippen LogP contribution >= 0.6 is 0 Å². The number of rotatable bonds is 0. The van der Waals surface area contributed by atoms with Gasteiger partial charge in [-0.05, 0) is 69.6 Å². The summed E-state index contributed by atoms with van der Waals surface area (Å²) in [4.78, 5) is 0. The predicted molar refractivity (Wildman–Crippen MR) is 144 cm³/mol. The summed E-state index contributed by atoms with van der Waals surface area (Å²) in [6.07, 6.45) is 7.27. The van der Waals surface area contributed by atoms with Gasteiger partial charge in [0, 0.05) is 30.6 Å². The second-order valence-corrected chi connectivity index (χ2v) is 15.4. The van der Waals surface area contributed by atoms with Gasteiger partial charge in [0.2, 0.25) is 0 Å². The van der Waals surface area contributed by atoms with Gasteiger partial charge in [-0.15, -0.1) is 0 Å². The smallest absolute Gasteiger partial charge is 0.0860 e. The zero-order valence-electron chi connectivity index (χ0n) is 24.6. The molecule has 6 rings (SSSR count). The maximum absolute atomic E-state index is 4.94. The molecule has 198 valence electrons. The molecule has 2 N–H and O–H groups in total. The predicted octanol–water partition coefficient (Wildman–Crippen LogP) is 6.82. The Kier molecular flexibility index (Phi) is 11.0. The molecule has 4 heterocycles. The van der Waals surface area contributed by atoms with Crippen LogP contribution in [0.25, 0.3) is 0 Å². The lowest BCUT2D eigenvalue weighted by molar-refractivity contribution is -0.0892. The Balaban J connectivity index is 0.000000198. The molecule has 4 aliphatic heterocycles. The molecule has 0 spiro atoms. The summed E-state index contributed by atoms with van der Waals surface area (Å²) in [5.41, 5.74) is 3.33. The maximum atomic E-state index is 4.94. The Morgan fingerprint density at radius 3 is 0.758 bits per heavy atom. The Morgan fingerprint density at radius 1 is 0.515 bits per heavy atom. The minimum Gasteiger partial charge on any atom is -0.380 e. The van der Waals surface area contributed by atoms with Crippen molar-refractivity contribution in [1.29, 1.82) is 0 Å². The first-order chi connectivity index (χ1) is 14.7. The van der Waals surface area contributed by atoms with Gasteiger partial charge in [0.05, 0.1) is 25.4 Å². The summed E-state index contributed by atoms with van der Waals surface area (Å²) < 4.78 is 9.83. The second kappa shape index (κ2) is 11.7. The summed E-state index contributed by atoms with van der Waals surface area (Å²) in [7, 11) is 0. The van der Waals surface area contributed by atoms with Gasteiger partial charge in [0.15, 0.2) is 0 Å². The molecule has 2 saturated carbocycles. The van der Waals surface area contributed by atoms with E-state index in [9.17, 15) is 0 Å². The molecule has 6 aliphatic rings. The molecule has 33 heavy (non-hydrogen) atoms. The average Bonchev–Trinajstić information content (AvgIpc) is 3.56. The summed E-state index contributed by atoms with van der Waals surface area (Å²) in [5, 5.41) is 6.38. The summed E-state index contributed by atoms with van der Waals surface area (Å²) in [5.74, 6) is 0. The van der Waals surface area contributed by atoms with E-state index in [1.807, 2.05) is 0 Å². The van der Waals surface area contributed by atoms with E-state index >= 15 is 0 Å². The molecular weight excluding hydrogens is 408 g/mol. The van der Waals surface area contributed by atoms with Crippen molar-refractivity contribution in [3.63, 3.8) is 0 Å². The fourth-order valence-electron chi connectivity index (χ4n) is 2.59. The van der Waals surface area contributed by atoms with Crippen LogP contribution in [0, 0.1) is 21.7 Å². The Labute approximate surface area is 207 Å². The van der Waals surface area contributed by atoms with Gasteiger partial charge in [-0.25, -0.2) is 0 Å². The zero-order valence-corrected chi connectivity index (χ0v) is 24.6. The highest BCUT2D eigenvalue weighted by Gasteiger charge is 2.32. The highest BCUT2D eigenvalue weighted by Crippen LogP contribution is 2.43. The van der Waals surface area contributed by atoms with Crippen LogP contribution in [0.15, 0.2) is 0 Å². The van der Waals surface area contributed by atoms with Crippen molar-refractivity contribution in [1.82, 2.24) is 10.6 Å². The van der Waals surface area contributed by atoms with E-state index in [-0.39, 0.29) is 5.60 Å². The summed E-state index contributed by atoms with van der Waals surface area (Å²) in [6.45, 7) is 33.2. The Morgan fingerprint density at radius 2 is 0.758 bits per heavy atom. The van der Waals surface area contributed by atoms with E-state index in [1.54, 1.807) is 0 Å². The highest BCUT2D eigenvalue weighted by atomic mass is 16.6. The van der Waals surface area contributed by atoms with E-state index in [0.717, 1.165) is 30.7 Å². The quantitative estimate of drug-likeness (QED) is 0.383. The average molecular weight is 469 g/mol. The van der Waals surface area contributed by atoms with Crippen LogP contribution in [-0.2, 0) is 9.47 Å². The van der Waals surface area contributed by atoms with E-state index in [0.29, 0.717) is 16.4 Å². The molecule has 4 nitrogen and oxygen atoms in total. The van der Waals surface area contributed by atoms with E-state index in [4.69, 9.17) is 9.47 Å². The molecule has 0 radical (unpaired) electrons. The normalized spacial score (nSPS) is 29.5. The van der Waals surface area contributed by atoms with Gasteiger partial charge >= 0.3 is 0 Å². The largest absolute Gasteiger partial charge is 0.380 e. The molecular formula is C29H60N2O2. The number of hydrogen-bond donors (Lipinski definition) is 2. The SMILES string of the molecule is CC1(C)CC1.CC1(C)CCC1.CC1(C)CN1.CC1(C)CNC1.CC1(C)CO1.CC1(C)COC1. The standard InChI is InChI=1S/C6H12.C5H11N.C5H10O.C5H10.C4H9N.C4H8O/c1-6(2)4-3-5-6;2*1-5(2)3-6-4-5;1-5(2)3-4-5;2*1-4(2)3-5-4/h3-5H2,1-2H3;6H,3-4H2,1-2H3;3-4H2,1-2H3;3-4H2,1-2H3;5H,3H2,1-2H3;3H2,1-2H3. The molecule has 0 amide bonds. The third-order valence-electron chi connectivity index (χ3n) is 6.76. The first kappa shape index (κ1) is 30.9. The van der Waals surface area contributed by atoms with E-state index < -0.39 is 0 Å². The molecule has 4 heteroatoms. The molecule has 0 aromatic rings. The molecule has 0 bridgehead atoms. The van der Waals surface area contributed by atoms with Crippen LogP contribution in [0.5, 0.6) is 0 Å². The van der Waals surface area contributed by atoms with Crippen molar-refractivity contribution < 1.29 is 9.47 Å². The van der Waals surface area contributed by atoms with Crippen LogP contribution in [0.2, 0.25) is 0 Å². The minimum absolute atomic E-state index is 0.250. The van der Waals surface area contributed by atoms with Crippen molar-refractivity contribution in [3.8, 4) is 0 Å². The van der Waals surface area contributed by atoms with Gasteiger partial charge in [-0.2, -0.15) is 0 Å². The van der Waals surface area contributed by atoms with E-state index in [2.05, 4.69) is 93.7 Å². The number of hydrogen-bond acceptors (Lipinski definition) is 4. The second-order valence-electron chi connectivity index (χ2n) is 15.4. The lowest BCUT2D eigenvalue weighted by atomic mass is 9.72. The van der Waals surface area contributed by atoms with Crippen LogP contribution < -0.4 is 10.6 Å². The molecule has 4 saturated heterocycles.